The zero-order valence-corrected chi connectivity index (χ0v) is 17.1. The molecule has 2 aromatic heterocycles. The highest BCUT2D eigenvalue weighted by atomic mass is 32.2. The molecule has 0 bridgehead atoms. The molecule has 7 heteroatoms. The number of thioether (sulfide) groups is 1. The van der Waals surface area contributed by atoms with Crippen LogP contribution in [0.5, 0.6) is 0 Å². The lowest BCUT2D eigenvalue weighted by Crippen LogP contribution is -2.08. The third-order valence-electron chi connectivity index (χ3n) is 4.67. The van der Waals surface area contributed by atoms with Crippen molar-refractivity contribution in [2.45, 2.75) is 39.0 Å². The van der Waals surface area contributed by atoms with E-state index in [4.69, 9.17) is 0 Å². The molecular formula is C21H23FN4OS. The van der Waals surface area contributed by atoms with Crippen molar-refractivity contribution >= 4 is 17.5 Å². The molecule has 0 aliphatic carbocycles. The SMILES string of the molecule is C=CCn1c(C)nnc1SCC(=O)c1cc(C)n(Cc2ccc(F)cc2)c1C. The van der Waals surface area contributed by atoms with Crippen LogP contribution in [-0.4, -0.2) is 30.9 Å². The minimum absolute atomic E-state index is 0.0502. The van der Waals surface area contributed by atoms with E-state index in [1.807, 2.05) is 31.4 Å². The zero-order valence-electron chi connectivity index (χ0n) is 16.3. The number of benzene rings is 1. The third-order valence-corrected chi connectivity index (χ3v) is 5.64. The summed E-state index contributed by atoms with van der Waals surface area (Å²) in [6.07, 6.45) is 1.78. The van der Waals surface area contributed by atoms with Gasteiger partial charge in [0.1, 0.15) is 11.6 Å². The Labute approximate surface area is 168 Å². The first-order valence-corrected chi connectivity index (χ1v) is 9.97. The van der Waals surface area contributed by atoms with Crippen LogP contribution in [0, 0.1) is 26.6 Å². The lowest BCUT2D eigenvalue weighted by Gasteiger charge is -2.10. The number of carbonyl (C=O) groups is 1. The molecule has 0 saturated carbocycles. The molecule has 0 aliphatic rings. The van der Waals surface area contributed by atoms with Gasteiger partial charge in [0.25, 0.3) is 0 Å². The van der Waals surface area contributed by atoms with Gasteiger partial charge in [0.2, 0.25) is 0 Å². The van der Waals surface area contributed by atoms with Crippen molar-refractivity contribution in [1.29, 1.82) is 0 Å². The number of halogens is 1. The molecule has 0 fully saturated rings. The summed E-state index contributed by atoms with van der Waals surface area (Å²) < 4.78 is 17.1. The van der Waals surface area contributed by atoms with Gasteiger partial charge < -0.3 is 9.13 Å². The molecule has 0 aliphatic heterocycles. The van der Waals surface area contributed by atoms with Crippen molar-refractivity contribution < 1.29 is 9.18 Å². The highest BCUT2D eigenvalue weighted by Gasteiger charge is 2.18. The van der Waals surface area contributed by atoms with Gasteiger partial charge >= 0.3 is 0 Å². The van der Waals surface area contributed by atoms with Crippen LogP contribution in [0.1, 0.15) is 33.1 Å². The smallest absolute Gasteiger partial charge is 0.191 e. The number of ketones is 1. The average Bonchev–Trinajstić information content (AvgIpc) is 3.16. The van der Waals surface area contributed by atoms with E-state index in [0.717, 1.165) is 22.8 Å². The predicted octanol–water partition coefficient (Wildman–Crippen LogP) is 4.35. The normalized spacial score (nSPS) is 11.0. The maximum Gasteiger partial charge on any atom is 0.191 e. The molecule has 3 rings (SSSR count). The van der Waals surface area contributed by atoms with Gasteiger partial charge in [-0.15, -0.1) is 16.8 Å². The van der Waals surface area contributed by atoms with Gasteiger partial charge in [-0.2, -0.15) is 0 Å². The summed E-state index contributed by atoms with van der Waals surface area (Å²) in [7, 11) is 0. The van der Waals surface area contributed by atoms with E-state index < -0.39 is 0 Å². The second-order valence-electron chi connectivity index (χ2n) is 6.64. The Hall–Kier alpha value is -2.67. The van der Waals surface area contributed by atoms with Gasteiger partial charge in [0, 0.05) is 30.0 Å². The van der Waals surface area contributed by atoms with Crippen molar-refractivity contribution in [3.8, 4) is 0 Å². The number of hydrogen-bond donors (Lipinski definition) is 0. The Morgan fingerprint density at radius 3 is 2.57 bits per heavy atom. The number of hydrogen-bond acceptors (Lipinski definition) is 4. The number of nitrogens with zero attached hydrogens (tertiary/aromatic N) is 4. The number of aromatic nitrogens is 4. The highest BCUT2D eigenvalue weighted by molar-refractivity contribution is 7.99. The van der Waals surface area contributed by atoms with Gasteiger partial charge in [-0.25, -0.2) is 4.39 Å². The summed E-state index contributed by atoms with van der Waals surface area (Å²) in [5, 5.41) is 8.94. The van der Waals surface area contributed by atoms with Crippen LogP contribution in [0.2, 0.25) is 0 Å². The molecule has 1 aromatic carbocycles. The van der Waals surface area contributed by atoms with Crippen molar-refractivity contribution in [1.82, 2.24) is 19.3 Å². The average molecular weight is 399 g/mol. The van der Waals surface area contributed by atoms with E-state index in [-0.39, 0.29) is 17.4 Å². The number of aryl methyl sites for hydroxylation is 2. The molecule has 0 radical (unpaired) electrons. The van der Waals surface area contributed by atoms with Gasteiger partial charge in [0.05, 0.1) is 5.75 Å². The second-order valence-corrected chi connectivity index (χ2v) is 7.58. The van der Waals surface area contributed by atoms with Crippen LogP contribution in [-0.2, 0) is 13.1 Å². The zero-order chi connectivity index (χ0) is 20.3. The maximum atomic E-state index is 13.1. The van der Waals surface area contributed by atoms with Crippen LogP contribution < -0.4 is 0 Å². The summed E-state index contributed by atoms with van der Waals surface area (Å²) in [6.45, 7) is 10.8. The topological polar surface area (TPSA) is 52.7 Å². The fourth-order valence-electron chi connectivity index (χ4n) is 3.11. The van der Waals surface area contributed by atoms with Crippen LogP contribution in [0.15, 0.2) is 48.1 Å². The molecule has 0 N–H and O–H groups in total. The van der Waals surface area contributed by atoms with E-state index in [2.05, 4.69) is 21.3 Å². The van der Waals surface area contributed by atoms with Gasteiger partial charge in [-0.3, -0.25) is 4.79 Å². The molecule has 0 saturated heterocycles. The lowest BCUT2D eigenvalue weighted by molar-refractivity contribution is 0.102. The van der Waals surface area contributed by atoms with Crippen molar-refractivity contribution in [3.63, 3.8) is 0 Å². The maximum absolute atomic E-state index is 13.1. The largest absolute Gasteiger partial charge is 0.344 e. The summed E-state index contributed by atoms with van der Waals surface area (Å²) in [6, 6.07) is 8.35. The molecule has 2 heterocycles. The van der Waals surface area contributed by atoms with Crippen molar-refractivity contribution in [3.05, 3.63) is 77.1 Å². The first kappa shape index (κ1) is 20.1. The number of allylic oxidation sites excluding steroid dienone is 1. The summed E-state index contributed by atoms with van der Waals surface area (Å²) in [5.74, 6) is 0.884. The van der Waals surface area contributed by atoms with Crippen LogP contribution in [0.4, 0.5) is 4.39 Å². The lowest BCUT2D eigenvalue weighted by atomic mass is 10.2. The standard InChI is InChI=1S/C21H23FN4OS/c1-5-10-25-16(4)23-24-21(25)28-13-20(27)19-11-14(2)26(15(19)3)12-17-6-8-18(22)9-7-17/h5-9,11H,1,10,12-13H2,2-4H3. The molecule has 0 unspecified atom stereocenters. The minimum atomic E-state index is -0.253. The summed E-state index contributed by atoms with van der Waals surface area (Å²) >= 11 is 1.38. The molecule has 3 aromatic rings. The molecule has 5 nitrogen and oxygen atoms in total. The van der Waals surface area contributed by atoms with Crippen molar-refractivity contribution in [2.24, 2.45) is 0 Å². The monoisotopic (exact) mass is 398 g/mol. The van der Waals surface area contributed by atoms with E-state index >= 15 is 0 Å². The molecule has 28 heavy (non-hydrogen) atoms. The number of Topliss-reactive ketones (excluding diaryl/α,β-unsaturated/α-hetero) is 1. The van der Waals surface area contributed by atoms with E-state index in [1.54, 1.807) is 18.2 Å². The van der Waals surface area contributed by atoms with Crippen LogP contribution in [0.3, 0.4) is 0 Å². The van der Waals surface area contributed by atoms with E-state index in [9.17, 15) is 9.18 Å². The summed E-state index contributed by atoms with van der Waals surface area (Å²) in [4.78, 5) is 12.8. The molecule has 0 atom stereocenters. The fraction of sp³-hybridized carbons (Fsp3) is 0.286. The minimum Gasteiger partial charge on any atom is -0.344 e. The van der Waals surface area contributed by atoms with Crippen LogP contribution in [0.25, 0.3) is 0 Å². The first-order valence-electron chi connectivity index (χ1n) is 8.98. The number of carbonyl (C=O) groups excluding carboxylic acids is 1. The second kappa shape index (κ2) is 8.56. The molecule has 0 amide bonds. The third kappa shape index (κ3) is 4.25. The van der Waals surface area contributed by atoms with Crippen LogP contribution >= 0.6 is 11.8 Å². The summed E-state index contributed by atoms with van der Waals surface area (Å²) in [5.41, 5.74) is 3.61. The molecule has 146 valence electrons. The Balaban J connectivity index is 1.74. The number of rotatable bonds is 8. The molecular weight excluding hydrogens is 375 g/mol. The quantitative estimate of drug-likeness (QED) is 0.322. The Morgan fingerprint density at radius 2 is 1.89 bits per heavy atom. The fourth-order valence-corrected chi connectivity index (χ4v) is 3.99. The van der Waals surface area contributed by atoms with Gasteiger partial charge in [-0.05, 0) is 44.5 Å². The van der Waals surface area contributed by atoms with Gasteiger partial charge in [0.15, 0.2) is 10.9 Å². The first-order chi connectivity index (χ1) is 13.4. The molecule has 0 spiro atoms. The Morgan fingerprint density at radius 1 is 1.18 bits per heavy atom. The van der Waals surface area contributed by atoms with E-state index in [0.29, 0.717) is 23.8 Å². The van der Waals surface area contributed by atoms with Crippen molar-refractivity contribution in [2.75, 3.05) is 5.75 Å². The van der Waals surface area contributed by atoms with E-state index in [1.165, 1.54) is 23.9 Å². The highest BCUT2D eigenvalue weighted by Crippen LogP contribution is 2.22. The Kier molecular flexibility index (Phi) is 6.14. The Bertz CT molecular complexity index is 1000. The van der Waals surface area contributed by atoms with Gasteiger partial charge in [-0.1, -0.05) is 30.0 Å². The predicted molar refractivity (Wildman–Crippen MR) is 109 cm³/mol.